The van der Waals surface area contributed by atoms with Crippen LogP contribution < -0.4 is 5.32 Å². The van der Waals surface area contributed by atoms with E-state index in [0.717, 1.165) is 0 Å². The molecule has 28 heavy (non-hydrogen) atoms. The van der Waals surface area contributed by atoms with E-state index in [1.165, 1.54) is 14.7 Å². The van der Waals surface area contributed by atoms with Crippen molar-refractivity contribution in [3.05, 3.63) is 71.8 Å². The van der Waals surface area contributed by atoms with Crippen molar-refractivity contribution in [1.29, 1.82) is 0 Å². The first-order valence-corrected chi connectivity index (χ1v) is 8.81. The molecule has 4 rings (SSSR count). The van der Waals surface area contributed by atoms with Crippen LogP contribution in [0.5, 0.6) is 0 Å². The number of hydrogen-bond donors (Lipinski definition) is 2. The van der Waals surface area contributed by atoms with Gasteiger partial charge in [0.1, 0.15) is 6.54 Å². The molecule has 144 valence electrons. The predicted octanol–water partition coefficient (Wildman–Crippen LogP) is 1.80. The Morgan fingerprint density at radius 2 is 1.46 bits per heavy atom. The average Bonchev–Trinajstić information content (AvgIpc) is 3.05. The Balaban J connectivity index is 2.10. The van der Waals surface area contributed by atoms with Crippen LogP contribution in [0.25, 0.3) is 0 Å². The first kappa shape index (κ1) is 17.8. The maximum Gasteiger partial charge on any atom is 0.324 e. The third-order valence-electron chi connectivity index (χ3n) is 5.65. The molecule has 0 aromatic heterocycles. The van der Waals surface area contributed by atoms with Crippen LogP contribution in [0.1, 0.15) is 11.1 Å². The summed E-state index contributed by atoms with van der Waals surface area (Å²) in [5, 5.41) is 12.4. The highest BCUT2D eigenvalue weighted by molar-refractivity contribution is 5.91. The number of carboxylic acid groups (broad SMARTS) is 1. The van der Waals surface area contributed by atoms with E-state index >= 15 is 0 Å². The molecule has 2 aromatic rings. The van der Waals surface area contributed by atoms with Gasteiger partial charge in [-0.3, -0.25) is 19.5 Å². The molecule has 4 amide bonds. The Morgan fingerprint density at radius 1 is 0.929 bits per heavy atom. The Bertz CT molecular complexity index is 951. The molecule has 0 spiro atoms. The number of carbonyl (C=O) groups excluding carboxylic acids is 2. The van der Waals surface area contributed by atoms with Crippen molar-refractivity contribution in [1.82, 2.24) is 20.0 Å². The normalized spacial score (nSPS) is 26.4. The molecule has 8 nitrogen and oxygen atoms in total. The topological polar surface area (TPSA) is 93.2 Å². The van der Waals surface area contributed by atoms with Crippen LogP contribution in [-0.2, 0) is 16.1 Å². The van der Waals surface area contributed by atoms with E-state index in [9.17, 15) is 19.5 Å². The highest BCUT2D eigenvalue weighted by Crippen LogP contribution is 2.56. The molecule has 0 aliphatic carbocycles. The summed E-state index contributed by atoms with van der Waals surface area (Å²) in [7, 11) is 3.20. The summed E-state index contributed by atoms with van der Waals surface area (Å²) in [4.78, 5) is 42.0. The minimum Gasteiger partial charge on any atom is -0.480 e. The van der Waals surface area contributed by atoms with Gasteiger partial charge in [-0.1, -0.05) is 60.7 Å². The lowest BCUT2D eigenvalue weighted by molar-refractivity contribution is -0.141. The molecule has 2 heterocycles. The number of amides is 4. The predicted molar refractivity (Wildman–Crippen MR) is 100 cm³/mol. The van der Waals surface area contributed by atoms with E-state index in [1.54, 1.807) is 38.4 Å². The number of nitrogens with one attached hydrogen (secondary N) is 1. The van der Waals surface area contributed by atoms with Crippen molar-refractivity contribution >= 4 is 18.0 Å². The number of benzene rings is 2. The first-order valence-electron chi connectivity index (χ1n) is 8.81. The van der Waals surface area contributed by atoms with Crippen LogP contribution in [0.3, 0.4) is 0 Å². The largest absolute Gasteiger partial charge is 0.480 e. The van der Waals surface area contributed by atoms with Gasteiger partial charge in [-0.05, 0) is 0 Å². The zero-order valence-electron chi connectivity index (χ0n) is 15.5. The average molecular weight is 380 g/mol. The molecule has 2 fully saturated rings. The summed E-state index contributed by atoms with van der Waals surface area (Å²) in [5.74, 6) is -1.16. The highest BCUT2D eigenvalue weighted by atomic mass is 16.4. The van der Waals surface area contributed by atoms with Gasteiger partial charge in [-0.15, -0.1) is 0 Å². The summed E-state index contributed by atoms with van der Waals surface area (Å²) in [5.41, 5.74) is -1.36. The second kappa shape index (κ2) is 5.98. The van der Waals surface area contributed by atoms with Crippen LogP contribution in [-0.4, -0.2) is 58.5 Å². The summed E-state index contributed by atoms with van der Waals surface area (Å²) in [6, 6.07) is 17.3. The molecule has 2 N–H and O–H groups in total. The van der Waals surface area contributed by atoms with Gasteiger partial charge in [-0.25, -0.2) is 9.59 Å². The van der Waals surface area contributed by atoms with Crippen molar-refractivity contribution in [2.45, 2.75) is 11.3 Å². The number of rotatable bonds is 4. The van der Waals surface area contributed by atoms with Crippen molar-refractivity contribution in [2.75, 3.05) is 20.6 Å². The maximum atomic E-state index is 13.1. The number of aliphatic carboxylic acids is 1. The summed E-state index contributed by atoms with van der Waals surface area (Å²) in [6.45, 7) is -0.555. The van der Waals surface area contributed by atoms with Gasteiger partial charge in [0.2, 0.25) is 0 Å². The molecule has 0 radical (unpaired) electrons. The monoisotopic (exact) mass is 380 g/mol. The number of hydrogen-bond acceptors (Lipinski definition) is 3. The molecule has 0 bridgehead atoms. The summed E-state index contributed by atoms with van der Waals surface area (Å²) >= 11 is 0. The van der Waals surface area contributed by atoms with Crippen molar-refractivity contribution in [3.8, 4) is 0 Å². The van der Waals surface area contributed by atoms with Crippen LogP contribution in [0.15, 0.2) is 60.7 Å². The van der Waals surface area contributed by atoms with Crippen LogP contribution in [0.4, 0.5) is 9.59 Å². The fourth-order valence-electron chi connectivity index (χ4n) is 4.60. The van der Waals surface area contributed by atoms with Crippen LogP contribution in [0.2, 0.25) is 0 Å². The number of fused-ring (bicyclic) bond motifs is 1. The smallest absolute Gasteiger partial charge is 0.324 e. The maximum absolute atomic E-state index is 13.1. The molecule has 2 aromatic carbocycles. The van der Waals surface area contributed by atoms with Gasteiger partial charge < -0.3 is 10.4 Å². The molecular weight excluding hydrogens is 360 g/mol. The SMILES string of the molecule is CN1C(=O)N(C)[C@@]2(c3ccccc3)NC(=O)N(CC(=O)O)[C@@]12c1ccccc1. The van der Waals surface area contributed by atoms with E-state index in [4.69, 9.17) is 0 Å². The lowest BCUT2D eigenvalue weighted by atomic mass is 9.80. The molecular formula is C20H20N4O4. The van der Waals surface area contributed by atoms with Crippen molar-refractivity contribution < 1.29 is 19.5 Å². The molecule has 2 aliphatic heterocycles. The number of carboxylic acids is 1. The highest BCUT2D eigenvalue weighted by Gasteiger charge is 2.75. The Morgan fingerprint density at radius 3 is 2.00 bits per heavy atom. The minimum atomic E-state index is -1.38. The lowest BCUT2D eigenvalue weighted by Crippen LogP contribution is -2.62. The first-order chi connectivity index (χ1) is 13.4. The van der Waals surface area contributed by atoms with E-state index in [0.29, 0.717) is 11.1 Å². The number of urea groups is 2. The quantitative estimate of drug-likeness (QED) is 0.846. The number of carbonyl (C=O) groups is 3. The van der Waals surface area contributed by atoms with E-state index in [1.807, 2.05) is 36.4 Å². The molecule has 8 heteroatoms. The van der Waals surface area contributed by atoms with Gasteiger partial charge in [0.05, 0.1) is 0 Å². The van der Waals surface area contributed by atoms with E-state index < -0.39 is 29.9 Å². The Labute approximate surface area is 162 Å². The number of nitrogens with zero attached hydrogens (tertiary/aromatic N) is 3. The van der Waals surface area contributed by atoms with Crippen LogP contribution >= 0.6 is 0 Å². The molecule has 0 saturated carbocycles. The summed E-state index contributed by atoms with van der Waals surface area (Å²) < 4.78 is 0. The van der Waals surface area contributed by atoms with E-state index in [-0.39, 0.29) is 6.03 Å². The minimum absolute atomic E-state index is 0.330. The van der Waals surface area contributed by atoms with Gasteiger partial charge in [-0.2, -0.15) is 0 Å². The standard InChI is InChI=1S/C20H20N4O4/c1-22-18(28)23(2)20(15-11-7-4-8-12-15)19(22,14-9-5-3-6-10-14)21-17(27)24(20)13-16(25)26/h3-12H,13H2,1-2H3,(H,21,27)(H,25,26)/t19-,20-/m1/s1. The molecule has 2 saturated heterocycles. The molecule has 2 aliphatic rings. The lowest BCUT2D eigenvalue weighted by Gasteiger charge is -2.46. The third kappa shape index (κ3) is 1.97. The molecule has 0 unspecified atom stereocenters. The third-order valence-corrected chi connectivity index (χ3v) is 5.65. The zero-order valence-corrected chi connectivity index (χ0v) is 15.5. The zero-order chi connectivity index (χ0) is 20.1. The fraction of sp³-hybridized carbons (Fsp3) is 0.250. The second-order valence-corrected chi connectivity index (χ2v) is 6.93. The van der Waals surface area contributed by atoms with E-state index in [2.05, 4.69) is 5.32 Å². The Hall–Kier alpha value is -3.55. The van der Waals surface area contributed by atoms with Gasteiger partial charge in [0.15, 0.2) is 11.3 Å². The van der Waals surface area contributed by atoms with Gasteiger partial charge >= 0.3 is 18.0 Å². The molecule has 2 atom stereocenters. The fourth-order valence-corrected chi connectivity index (χ4v) is 4.60. The second-order valence-electron chi connectivity index (χ2n) is 6.93. The summed E-state index contributed by atoms with van der Waals surface area (Å²) in [6.07, 6.45) is 0. The Kier molecular flexibility index (Phi) is 3.81. The van der Waals surface area contributed by atoms with Gasteiger partial charge in [0.25, 0.3) is 0 Å². The number of likely N-dealkylation sites (N-methyl/N-ethyl adjacent to an activating group) is 2. The van der Waals surface area contributed by atoms with Crippen LogP contribution in [0, 0.1) is 0 Å². The van der Waals surface area contributed by atoms with Crippen molar-refractivity contribution in [3.63, 3.8) is 0 Å². The van der Waals surface area contributed by atoms with Gasteiger partial charge in [0, 0.05) is 25.2 Å². The van der Waals surface area contributed by atoms with Crippen molar-refractivity contribution in [2.24, 2.45) is 0 Å².